The van der Waals surface area contributed by atoms with E-state index in [1.165, 1.54) is 16.8 Å². The summed E-state index contributed by atoms with van der Waals surface area (Å²) < 4.78 is 0. The topological polar surface area (TPSA) is 55.8 Å². The van der Waals surface area contributed by atoms with E-state index in [0.29, 0.717) is 12.1 Å². The Kier molecular flexibility index (Phi) is 5.87. The second kappa shape index (κ2) is 8.82. The third kappa shape index (κ3) is 3.90. The van der Waals surface area contributed by atoms with Crippen LogP contribution in [0.1, 0.15) is 45.9 Å². The fourth-order valence-electron chi connectivity index (χ4n) is 5.67. The average Bonchev–Trinajstić information content (AvgIpc) is 3.10. The van der Waals surface area contributed by atoms with E-state index in [0.717, 1.165) is 36.5 Å². The van der Waals surface area contributed by atoms with Gasteiger partial charge in [-0.25, -0.2) is 5.48 Å². The first kappa shape index (κ1) is 22.0. The molecule has 0 radical (unpaired) electrons. The van der Waals surface area contributed by atoms with Gasteiger partial charge >= 0.3 is 0 Å². The van der Waals surface area contributed by atoms with Gasteiger partial charge in [0.05, 0.1) is 6.04 Å². The van der Waals surface area contributed by atoms with E-state index in [9.17, 15) is 4.79 Å². The minimum Gasteiger partial charge on any atom is -0.359 e. The third-order valence-electron chi connectivity index (χ3n) is 7.30. The number of piperidine rings is 1. The van der Waals surface area contributed by atoms with Crippen LogP contribution in [0.15, 0.2) is 72.8 Å². The summed E-state index contributed by atoms with van der Waals surface area (Å²) in [5, 5.41) is 9.67. The Morgan fingerprint density at radius 1 is 1.06 bits per heavy atom. The van der Waals surface area contributed by atoms with Crippen molar-refractivity contribution in [2.45, 2.75) is 30.8 Å². The molecule has 1 fully saturated rings. The van der Waals surface area contributed by atoms with Crippen LogP contribution in [0.2, 0.25) is 5.02 Å². The summed E-state index contributed by atoms with van der Waals surface area (Å²) in [5.41, 5.74) is 7.17. The van der Waals surface area contributed by atoms with E-state index in [2.05, 4.69) is 53.2 Å². The van der Waals surface area contributed by atoms with Gasteiger partial charge in [-0.3, -0.25) is 10.0 Å². The maximum Gasteiger partial charge on any atom is 0.274 e. The molecule has 2 aliphatic heterocycles. The number of amides is 1. The summed E-state index contributed by atoms with van der Waals surface area (Å²) in [4.78, 5) is 16.7. The molecule has 170 valence electrons. The second-order valence-corrected chi connectivity index (χ2v) is 9.64. The molecule has 6 heteroatoms. The smallest absolute Gasteiger partial charge is 0.274 e. The van der Waals surface area contributed by atoms with Gasteiger partial charge in [0.15, 0.2) is 0 Å². The summed E-state index contributed by atoms with van der Waals surface area (Å²) in [7, 11) is 2.20. The number of rotatable bonds is 4. The molecule has 1 spiro atoms. The van der Waals surface area contributed by atoms with Crippen molar-refractivity contribution in [1.29, 1.82) is 0 Å². The van der Waals surface area contributed by atoms with Crippen LogP contribution in [0.25, 0.3) is 0 Å². The Balaban J connectivity index is 1.59. The van der Waals surface area contributed by atoms with E-state index in [1.807, 2.05) is 24.3 Å². The number of anilines is 1. The molecule has 1 unspecified atom stereocenters. The number of hydrogen-bond donors (Lipinski definition) is 2. The van der Waals surface area contributed by atoms with Gasteiger partial charge in [0.25, 0.3) is 5.91 Å². The van der Waals surface area contributed by atoms with Gasteiger partial charge < -0.3 is 9.80 Å². The fraction of sp³-hybridized carbons (Fsp3) is 0.296. The van der Waals surface area contributed by atoms with Crippen molar-refractivity contribution in [1.82, 2.24) is 10.4 Å². The van der Waals surface area contributed by atoms with Crippen LogP contribution >= 0.6 is 11.6 Å². The first-order valence-corrected chi connectivity index (χ1v) is 11.7. The van der Waals surface area contributed by atoms with Crippen LogP contribution in [0.5, 0.6) is 0 Å². The molecule has 1 amide bonds. The molecule has 3 aromatic carbocycles. The molecule has 0 bridgehead atoms. The lowest BCUT2D eigenvalue weighted by atomic mass is 9.67. The van der Waals surface area contributed by atoms with Crippen molar-refractivity contribution in [3.63, 3.8) is 0 Å². The quantitative estimate of drug-likeness (QED) is 0.415. The highest BCUT2D eigenvalue weighted by Crippen LogP contribution is 2.58. The SMILES string of the molecule is CN1CCC2(CC1)c1ccccc1N(Cc1ccc(C(=O)NO)cc1)C2c1cccc(Cl)c1. The van der Waals surface area contributed by atoms with Gasteiger partial charge in [-0.15, -0.1) is 0 Å². The summed E-state index contributed by atoms with van der Waals surface area (Å²) in [5.74, 6) is -0.504. The number of fused-ring (bicyclic) bond motifs is 2. The van der Waals surface area contributed by atoms with E-state index < -0.39 is 5.91 Å². The predicted molar refractivity (Wildman–Crippen MR) is 131 cm³/mol. The first-order chi connectivity index (χ1) is 16.0. The van der Waals surface area contributed by atoms with Crippen LogP contribution in [0, 0.1) is 0 Å². The molecule has 5 nitrogen and oxygen atoms in total. The zero-order valence-electron chi connectivity index (χ0n) is 18.7. The molecule has 5 rings (SSSR count). The molecule has 2 aliphatic rings. The maximum absolute atomic E-state index is 11.7. The van der Waals surface area contributed by atoms with Gasteiger partial charge in [-0.2, -0.15) is 0 Å². The highest BCUT2D eigenvalue weighted by molar-refractivity contribution is 6.30. The maximum atomic E-state index is 11.7. The van der Waals surface area contributed by atoms with Crippen LogP contribution < -0.4 is 10.4 Å². The minimum atomic E-state index is -0.504. The van der Waals surface area contributed by atoms with Crippen LogP contribution in [-0.4, -0.2) is 36.2 Å². The lowest BCUT2D eigenvalue weighted by Crippen LogP contribution is -2.45. The Bertz CT molecular complexity index is 1160. The van der Waals surface area contributed by atoms with Gasteiger partial charge in [-0.1, -0.05) is 54.1 Å². The number of hydrogen-bond acceptors (Lipinski definition) is 4. The lowest BCUT2D eigenvalue weighted by molar-refractivity contribution is 0.0706. The van der Waals surface area contributed by atoms with Crippen molar-refractivity contribution >= 4 is 23.2 Å². The predicted octanol–water partition coefficient (Wildman–Crippen LogP) is 5.18. The van der Waals surface area contributed by atoms with E-state index in [4.69, 9.17) is 16.8 Å². The minimum absolute atomic E-state index is 0.0184. The van der Waals surface area contributed by atoms with Gasteiger partial charge in [0.2, 0.25) is 0 Å². The van der Waals surface area contributed by atoms with E-state index >= 15 is 0 Å². The van der Waals surface area contributed by atoms with Crippen molar-refractivity contribution in [2.75, 3.05) is 25.0 Å². The summed E-state index contributed by atoms with van der Waals surface area (Å²) >= 11 is 6.47. The van der Waals surface area contributed by atoms with Crippen LogP contribution in [0.4, 0.5) is 5.69 Å². The number of para-hydroxylation sites is 1. The van der Waals surface area contributed by atoms with E-state index in [-0.39, 0.29) is 11.5 Å². The monoisotopic (exact) mass is 461 g/mol. The zero-order valence-corrected chi connectivity index (χ0v) is 19.4. The van der Waals surface area contributed by atoms with Gasteiger partial charge in [0.1, 0.15) is 0 Å². The molecule has 1 atom stereocenters. The lowest BCUT2D eigenvalue weighted by Gasteiger charge is -2.44. The summed E-state index contributed by atoms with van der Waals surface area (Å²) in [6, 6.07) is 24.7. The number of hydroxylamine groups is 1. The molecule has 0 aliphatic carbocycles. The van der Waals surface area contributed by atoms with E-state index in [1.54, 1.807) is 17.6 Å². The van der Waals surface area contributed by atoms with Crippen molar-refractivity contribution in [3.8, 4) is 0 Å². The molecule has 2 N–H and O–H groups in total. The molecule has 0 aromatic heterocycles. The number of carbonyl (C=O) groups excluding carboxylic acids is 1. The fourth-order valence-corrected chi connectivity index (χ4v) is 5.86. The number of likely N-dealkylation sites (tertiary alicyclic amines) is 1. The Morgan fingerprint density at radius 2 is 1.79 bits per heavy atom. The molecule has 0 saturated carbocycles. The standard InChI is InChI=1S/C27H28ClN3O2/c1-30-15-13-27(14-16-30)23-7-2-3-8-24(23)31(25(27)21-5-4-6-22(28)17-21)18-19-9-11-20(12-10-19)26(32)29-33/h2-12,17,25,33H,13-16,18H2,1H3,(H,29,32). The first-order valence-electron chi connectivity index (χ1n) is 11.4. The van der Waals surface area contributed by atoms with Crippen LogP contribution in [0.3, 0.4) is 0 Å². The van der Waals surface area contributed by atoms with Gasteiger partial charge in [0, 0.05) is 28.2 Å². The van der Waals surface area contributed by atoms with Crippen molar-refractivity contribution < 1.29 is 10.0 Å². The zero-order chi connectivity index (χ0) is 23.0. The molecule has 33 heavy (non-hydrogen) atoms. The molecule has 2 heterocycles. The largest absolute Gasteiger partial charge is 0.359 e. The Morgan fingerprint density at radius 3 is 2.48 bits per heavy atom. The summed E-state index contributed by atoms with van der Waals surface area (Å²) in [6.45, 7) is 2.83. The number of carbonyl (C=O) groups is 1. The number of nitrogens with zero attached hydrogens (tertiary/aromatic N) is 2. The molecule has 1 saturated heterocycles. The van der Waals surface area contributed by atoms with Crippen molar-refractivity contribution in [2.24, 2.45) is 0 Å². The third-order valence-corrected chi connectivity index (χ3v) is 7.53. The second-order valence-electron chi connectivity index (χ2n) is 9.20. The van der Waals surface area contributed by atoms with Crippen LogP contribution in [-0.2, 0) is 12.0 Å². The molecular weight excluding hydrogens is 434 g/mol. The van der Waals surface area contributed by atoms with Crippen molar-refractivity contribution in [3.05, 3.63) is 100 Å². The number of halogens is 1. The molecule has 3 aromatic rings. The highest BCUT2D eigenvalue weighted by atomic mass is 35.5. The summed E-state index contributed by atoms with van der Waals surface area (Å²) in [6.07, 6.45) is 2.17. The normalized spacial score (nSPS) is 19.5. The average molecular weight is 462 g/mol. The number of benzene rings is 3. The number of nitrogens with one attached hydrogen (secondary N) is 1. The Hall–Kier alpha value is -2.86. The van der Waals surface area contributed by atoms with Gasteiger partial charge in [-0.05, 0) is 80.0 Å². The highest BCUT2D eigenvalue weighted by Gasteiger charge is 2.52. The molecular formula is C27H28ClN3O2. The Labute approximate surface area is 199 Å².